The highest BCUT2D eigenvalue weighted by Gasteiger charge is 2.17. The maximum atomic E-state index is 12.3. The van der Waals surface area contributed by atoms with Crippen molar-refractivity contribution in [2.45, 2.75) is 180 Å². The number of hydrogen-bond donors (Lipinski definition) is 3. The number of allylic oxidation sites excluding steroid dienone is 17. The summed E-state index contributed by atoms with van der Waals surface area (Å²) in [5, 5.41) is 22.9. The Morgan fingerprint density at radius 1 is 0.481 bits per heavy atom. The lowest BCUT2D eigenvalue weighted by Crippen LogP contribution is -2.45. The molecule has 0 saturated carbocycles. The minimum Gasteiger partial charge on any atom is -0.394 e. The van der Waals surface area contributed by atoms with Gasteiger partial charge in [-0.25, -0.2) is 0 Å². The second-order valence-corrected chi connectivity index (χ2v) is 13.7. The lowest BCUT2D eigenvalue weighted by molar-refractivity contribution is -0.123. The van der Waals surface area contributed by atoms with Crippen LogP contribution in [-0.4, -0.2) is 34.9 Å². The number of rotatable bonds is 36. The molecule has 0 aromatic heterocycles. The van der Waals surface area contributed by atoms with E-state index >= 15 is 0 Å². The van der Waals surface area contributed by atoms with Gasteiger partial charge in [-0.15, -0.1) is 0 Å². The molecule has 0 spiro atoms. The van der Waals surface area contributed by atoms with Crippen molar-refractivity contribution < 1.29 is 15.0 Å². The number of nitrogens with one attached hydrogen (secondary N) is 1. The molecule has 0 aliphatic carbocycles. The van der Waals surface area contributed by atoms with Crippen molar-refractivity contribution in [3.63, 3.8) is 0 Å². The van der Waals surface area contributed by atoms with Crippen molar-refractivity contribution in [2.75, 3.05) is 6.61 Å². The van der Waals surface area contributed by atoms with Gasteiger partial charge in [0.05, 0.1) is 18.8 Å². The van der Waals surface area contributed by atoms with E-state index in [9.17, 15) is 15.0 Å². The molecule has 0 saturated heterocycles. The molecule has 2 unspecified atom stereocenters. The number of hydrogen-bond acceptors (Lipinski definition) is 3. The predicted octanol–water partition coefficient (Wildman–Crippen LogP) is 13.2. The molecule has 0 aliphatic heterocycles. The normalized spacial score (nSPS) is 14.2. The molecular formula is C48H79NO3. The van der Waals surface area contributed by atoms with E-state index in [1.54, 1.807) is 6.08 Å². The highest BCUT2D eigenvalue weighted by molar-refractivity contribution is 5.76. The monoisotopic (exact) mass is 718 g/mol. The van der Waals surface area contributed by atoms with E-state index in [4.69, 9.17) is 0 Å². The zero-order valence-electron chi connectivity index (χ0n) is 33.5. The summed E-state index contributed by atoms with van der Waals surface area (Å²) in [6, 6.07) is -0.651. The molecular weight excluding hydrogens is 639 g/mol. The van der Waals surface area contributed by atoms with Gasteiger partial charge < -0.3 is 15.5 Å². The number of amides is 1. The number of aliphatic hydroxyl groups is 2. The smallest absolute Gasteiger partial charge is 0.220 e. The van der Waals surface area contributed by atoms with Crippen LogP contribution in [0.15, 0.2) is 109 Å². The number of aliphatic hydroxyl groups excluding tert-OH is 2. The van der Waals surface area contributed by atoms with E-state index in [0.717, 1.165) is 89.9 Å². The van der Waals surface area contributed by atoms with Crippen molar-refractivity contribution in [1.29, 1.82) is 0 Å². The van der Waals surface area contributed by atoms with Crippen LogP contribution in [0.25, 0.3) is 0 Å². The van der Waals surface area contributed by atoms with Crippen LogP contribution in [0.5, 0.6) is 0 Å². The third kappa shape index (κ3) is 38.3. The number of carbonyl (C=O) groups is 1. The van der Waals surface area contributed by atoms with E-state index in [1.165, 1.54) is 57.8 Å². The summed E-state index contributed by atoms with van der Waals surface area (Å²) >= 11 is 0. The lowest BCUT2D eigenvalue weighted by atomic mass is 10.1. The van der Waals surface area contributed by atoms with Crippen LogP contribution in [0.2, 0.25) is 0 Å². The predicted molar refractivity (Wildman–Crippen MR) is 229 cm³/mol. The van der Waals surface area contributed by atoms with Crippen molar-refractivity contribution >= 4 is 5.91 Å². The summed E-state index contributed by atoms with van der Waals surface area (Å²) in [4.78, 5) is 12.3. The Kier molecular flexibility index (Phi) is 40.1. The highest BCUT2D eigenvalue weighted by atomic mass is 16.3. The van der Waals surface area contributed by atoms with Gasteiger partial charge >= 0.3 is 0 Å². The van der Waals surface area contributed by atoms with Crippen molar-refractivity contribution in [2.24, 2.45) is 0 Å². The van der Waals surface area contributed by atoms with Gasteiger partial charge in [-0.05, 0) is 89.9 Å². The standard InChI is InChI=1S/C48H79NO3/c1-3-5-7-9-11-13-15-16-17-18-19-20-21-22-23-24-25-26-27-28-29-30-31-32-34-36-38-40-42-44-48(52)49-46(45-50)47(51)43-41-39-37-35-33-14-12-10-8-6-4-2/h5,7,11,13,16-17,19-20,22-23,25-26,28-29,33,35,41,43,46-47,50-51H,3-4,6,8-10,12,14-15,18,21,24,27,30-32,34,36-40,42,44-45H2,1-2H3,(H,49,52)/b7-5-,13-11-,17-16-,20-19-,23-22-,26-25-,29-28-,35-33+,43-41+. The van der Waals surface area contributed by atoms with Gasteiger partial charge in [-0.3, -0.25) is 4.79 Å². The molecule has 0 aromatic rings. The van der Waals surface area contributed by atoms with E-state index in [2.05, 4.69) is 116 Å². The Morgan fingerprint density at radius 3 is 1.35 bits per heavy atom. The first-order valence-corrected chi connectivity index (χ1v) is 21.1. The second kappa shape index (κ2) is 42.5. The summed E-state index contributed by atoms with van der Waals surface area (Å²) in [5.74, 6) is -0.0934. The molecule has 52 heavy (non-hydrogen) atoms. The van der Waals surface area contributed by atoms with Crippen molar-refractivity contribution in [3.05, 3.63) is 109 Å². The maximum absolute atomic E-state index is 12.3. The molecule has 0 heterocycles. The summed E-state index contributed by atoms with van der Waals surface area (Å²) in [7, 11) is 0. The van der Waals surface area contributed by atoms with E-state index in [-0.39, 0.29) is 12.5 Å². The molecule has 4 heteroatoms. The minimum absolute atomic E-state index is 0.0934. The Bertz CT molecular complexity index is 1040. The Labute approximate surface area is 321 Å². The largest absolute Gasteiger partial charge is 0.394 e. The molecule has 4 nitrogen and oxygen atoms in total. The Balaban J connectivity index is 3.69. The zero-order valence-corrected chi connectivity index (χ0v) is 33.5. The summed E-state index contributed by atoms with van der Waals surface area (Å²) in [6.45, 7) is 4.13. The fraction of sp³-hybridized carbons (Fsp3) is 0.604. The van der Waals surface area contributed by atoms with Crippen LogP contribution in [0, 0.1) is 0 Å². The van der Waals surface area contributed by atoms with Crippen LogP contribution in [0.4, 0.5) is 0 Å². The fourth-order valence-electron chi connectivity index (χ4n) is 5.52. The van der Waals surface area contributed by atoms with Gasteiger partial charge in [-0.2, -0.15) is 0 Å². The molecule has 1 amide bonds. The van der Waals surface area contributed by atoms with Crippen LogP contribution >= 0.6 is 0 Å². The van der Waals surface area contributed by atoms with Gasteiger partial charge in [0.25, 0.3) is 0 Å². The minimum atomic E-state index is -0.872. The summed E-state index contributed by atoms with van der Waals surface area (Å²) < 4.78 is 0. The molecule has 0 radical (unpaired) electrons. The molecule has 3 N–H and O–H groups in total. The average Bonchev–Trinajstić information content (AvgIpc) is 3.15. The molecule has 294 valence electrons. The molecule has 0 rings (SSSR count). The van der Waals surface area contributed by atoms with E-state index in [1.807, 2.05) is 6.08 Å². The van der Waals surface area contributed by atoms with Crippen LogP contribution < -0.4 is 5.32 Å². The Hall–Kier alpha value is -2.95. The van der Waals surface area contributed by atoms with Crippen LogP contribution in [0.3, 0.4) is 0 Å². The Morgan fingerprint density at radius 2 is 0.865 bits per heavy atom. The van der Waals surface area contributed by atoms with Crippen molar-refractivity contribution in [3.8, 4) is 0 Å². The molecule has 0 fully saturated rings. The lowest BCUT2D eigenvalue weighted by Gasteiger charge is -2.19. The third-order valence-corrected chi connectivity index (χ3v) is 8.74. The number of unbranched alkanes of at least 4 members (excludes halogenated alkanes) is 13. The third-order valence-electron chi connectivity index (χ3n) is 8.74. The quantitative estimate of drug-likeness (QED) is 0.0446. The van der Waals surface area contributed by atoms with Crippen molar-refractivity contribution in [1.82, 2.24) is 5.32 Å². The first kappa shape index (κ1) is 49.0. The first-order chi connectivity index (χ1) is 25.7. The van der Waals surface area contributed by atoms with E-state index < -0.39 is 12.1 Å². The van der Waals surface area contributed by atoms with E-state index in [0.29, 0.717) is 6.42 Å². The highest BCUT2D eigenvalue weighted by Crippen LogP contribution is 2.11. The summed E-state index contributed by atoms with van der Waals surface area (Å²) in [5.41, 5.74) is 0. The molecule has 0 aliphatic rings. The van der Waals surface area contributed by atoms with Gasteiger partial charge in [0.2, 0.25) is 5.91 Å². The molecule has 0 bridgehead atoms. The average molecular weight is 718 g/mol. The van der Waals surface area contributed by atoms with Gasteiger partial charge in [-0.1, -0.05) is 181 Å². The first-order valence-electron chi connectivity index (χ1n) is 21.1. The zero-order chi connectivity index (χ0) is 37.8. The maximum Gasteiger partial charge on any atom is 0.220 e. The second-order valence-electron chi connectivity index (χ2n) is 13.7. The SMILES string of the molecule is CC/C=C\C/C=C\C/C=C\C/C=C\C/C=C\C/C=C\C/C=C\CCCCCCCCCC(=O)NC(CO)C(O)/C=C/CC/C=C/CCCCCCC. The molecule has 2 atom stereocenters. The van der Waals surface area contributed by atoms with Gasteiger partial charge in [0, 0.05) is 6.42 Å². The van der Waals surface area contributed by atoms with Crippen LogP contribution in [0.1, 0.15) is 168 Å². The fourth-order valence-corrected chi connectivity index (χ4v) is 5.52. The van der Waals surface area contributed by atoms with Gasteiger partial charge in [0.15, 0.2) is 0 Å². The summed E-state index contributed by atoms with van der Waals surface area (Å²) in [6.07, 6.45) is 64.7. The van der Waals surface area contributed by atoms with Gasteiger partial charge in [0.1, 0.15) is 0 Å². The van der Waals surface area contributed by atoms with Crippen LogP contribution in [-0.2, 0) is 4.79 Å². The topological polar surface area (TPSA) is 69.6 Å². The molecule has 0 aromatic carbocycles. The number of carbonyl (C=O) groups excluding carboxylic acids is 1.